The van der Waals surface area contributed by atoms with Crippen molar-refractivity contribution < 1.29 is 0 Å². The van der Waals surface area contributed by atoms with Gasteiger partial charge in [-0.1, -0.05) is 0 Å². The molecule has 0 unspecified atom stereocenters. The van der Waals surface area contributed by atoms with Crippen LogP contribution in [0.1, 0.15) is 5.69 Å². The van der Waals surface area contributed by atoms with Gasteiger partial charge < -0.3 is 11.5 Å². The fourth-order valence-corrected chi connectivity index (χ4v) is 0.482. The van der Waals surface area contributed by atoms with Crippen LogP contribution in [0.3, 0.4) is 0 Å². The zero-order valence-electron chi connectivity index (χ0n) is 5.20. The minimum atomic E-state index is 0.176. The number of aromatic nitrogens is 2. The molecule has 4 N–H and O–H groups in total. The molecule has 4 nitrogen and oxygen atoms in total. The molecule has 0 fully saturated rings. The van der Waals surface area contributed by atoms with Gasteiger partial charge in [0.1, 0.15) is 5.69 Å². The highest BCUT2D eigenvalue weighted by Gasteiger charge is 1.95. The summed E-state index contributed by atoms with van der Waals surface area (Å²) in [5.74, 6) is 2.67. The maximum atomic E-state index is 5.30. The van der Waals surface area contributed by atoms with Crippen LogP contribution in [0.4, 0.5) is 11.6 Å². The topological polar surface area (TPSA) is 77.8 Å². The van der Waals surface area contributed by atoms with E-state index in [1.807, 2.05) is 0 Å². The standard InChI is InChI=1S/C6H6N4/c1-2-4-3-9-5(7)6(8)10-4/h1,3H,(H2,7,9)(H2,8,10). The first kappa shape index (κ1) is 6.36. The predicted octanol–water partition coefficient (Wildman–Crippen LogP) is -0.378. The molecule has 1 heterocycles. The van der Waals surface area contributed by atoms with Crippen LogP contribution >= 0.6 is 0 Å². The maximum absolute atomic E-state index is 5.30. The van der Waals surface area contributed by atoms with Crippen LogP contribution < -0.4 is 11.5 Å². The third kappa shape index (κ3) is 0.977. The zero-order chi connectivity index (χ0) is 7.56. The van der Waals surface area contributed by atoms with Crippen LogP contribution in [0.25, 0.3) is 0 Å². The molecular weight excluding hydrogens is 128 g/mol. The Morgan fingerprint density at radius 3 is 2.60 bits per heavy atom. The third-order valence-corrected chi connectivity index (χ3v) is 0.977. The van der Waals surface area contributed by atoms with Crippen LogP contribution in [-0.4, -0.2) is 9.97 Å². The van der Waals surface area contributed by atoms with Gasteiger partial charge >= 0.3 is 0 Å². The molecule has 4 heteroatoms. The monoisotopic (exact) mass is 134 g/mol. The van der Waals surface area contributed by atoms with Crippen molar-refractivity contribution in [2.45, 2.75) is 0 Å². The number of terminal acetylenes is 1. The molecule has 0 amide bonds. The Kier molecular flexibility index (Phi) is 1.42. The van der Waals surface area contributed by atoms with E-state index in [4.69, 9.17) is 17.9 Å². The van der Waals surface area contributed by atoms with Crippen molar-refractivity contribution in [2.75, 3.05) is 11.5 Å². The van der Waals surface area contributed by atoms with E-state index in [9.17, 15) is 0 Å². The second-order valence-electron chi connectivity index (χ2n) is 1.67. The number of nitrogens with zero attached hydrogens (tertiary/aromatic N) is 2. The lowest BCUT2D eigenvalue weighted by Gasteiger charge is -1.95. The third-order valence-electron chi connectivity index (χ3n) is 0.977. The fourth-order valence-electron chi connectivity index (χ4n) is 0.482. The molecule has 0 aliphatic carbocycles. The molecule has 1 aromatic rings. The number of nitrogens with two attached hydrogens (primary N) is 2. The highest BCUT2D eigenvalue weighted by atomic mass is 15.0. The molecule has 0 radical (unpaired) electrons. The van der Waals surface area contributed by atoms with E-state index in [1.165, 1.54) is 6.20 Å². The molecule has 0 aliphatic heterocycles. The number of hydrogen-bond donors (Lipinski definition) is 2. The van der Waals surface area contributed by atoms with E-state index in [0.717, 1.165) is 0 Å². The molecule has 10 heavy (non-hydrogen) atoms. The van der Waals surface area contributed by atoms with Crippen molar-refractivity contribution in [2.24, 2.45) is 0 Å². The SMILES string of the molecule is C#Cc1cnc(N)c(N)n1. The van der Waals surface area contributed by atoms with Crippen molar-refractivity contribution in [3.8, 4) is 12.3 Å². The summed E-state index contributed by atoms with van der Waals surface area (Å²) >= 11 is 0. The highest BCUT2D eigenvalue weighted by molar-refractivity contribution is 5.52. The van der Waals surface area contributed by atoms with Gasteiger partial charge in [-0.15, -0.1) is 6.42 Å². The average molecular weight is 134 g/mol. The fraction of sp³-hybridized carbons (Fsp3) is 0. The normalized spacial score (nSPS) is 8.70. The summed E-state index contributed by atoms with van der Waals surface area (Å²) in [5, 5.41) is 0. The molecule has 1 aromatic heterocycles. The van der Waals surface area contributed by atoms with E-state index in [-0.39, 0.29) is 11.6 Å². The smallest absolute Gasteiger partial charge is 0.167 e. The van der Waals surface area contributed by atoms with E-state index in [1.54, 1.807) is 0 Å². The lowest BCUT2D eigenvalue weighted by Crippen LogP contribution is -2.01. The molecule has 0 saturated heterocycles. The number of rotatable bonds is 0. The van der Waals surface area contributed by atoms with Gasteiger partial charge in [-0.3, -0.25) is 0 Å². The lowest BCUT2D eigenvalue weighted by atomic mass is 10.4. The minimum Gasteiger partial charge on any atom is -0.381 e. The van der Waals surface area contributed by atoms with Gasteiger partial charge in [0.15, 0.2) is 11.6 Å². The van der Waals surface area contributed by atoms with Gasteiger partial charge in [0.05, 0.1) is 6.20 Å². The first-order valence-corrected chi connectivity index (χ1v) is 2.58. The molecule has 0 aromatic carbocycles. The van der Waals surface area contributed by atoms with Crippen molar-refractivity contribution in [1.29, 1.82) is 0 Å². The van der Waals surface area contributed by atoms with Crippen molar-refractivity contribution in [1.82, 2.24) is 9.97 Å². The van der Waals surface area contributed by atoms with Crippen molar-refractivity contribution in [3.05, 3.63) is 11.9 Å². The molecule has 0 spiro atoms. The first-order chi connectivity index (χ1) is 4.74. The first-order valence-electron chi connectivity index (χ1n) is 2.58. The van der Waals surface area contributed by atoms with Gasteiger partial charge in [-0.25, -0.2) is 9.97 Å². The summed E-state index contributed by atoms with van der Waals surface area (Å²) in [5.41, 5.74) is 11.0. The van der Waals surface area contributed by atoms with Crippen molar-refractivity contribution >= 4 is 11.6 Å². The molecule has 0 bridgehead atoms. The Bertz CT molecular complexity index is 286. The maximum Gasteiger partial charge on any atom is 0.167 e. The summed E-state index contributed by atoms with van der Waals surface area (Å²) in [6.07, 6.45) is 6.41. The van der Waals surface area contributed by atoms with Gasteiger partial charge in [0.2, 0.25) is 0 Å². The Morgan fingerprint density at radius 2 is 2.10 bits per heavy atom. The van der Waals surface area contributed by atoms with Crippen LogP contribution in [0.2, 0.25) is 0 Å². The summed E-state index contributed by atoms with van der Waals surface area (Å²) in [4.78, 5) is 7.44. The number of hydrogen-bond acceptors (Lipinski definition) is 4. The van der Waals surface area contributed by atoms with Gasteiger partial charge in [-0.2, -0.15) is 0 Å². The Balaban J connectivity index is 3.20. The molecule has 50 valence electrons. The van der Waals surface area contributed by atoms with Crippen LogP contribution in [-0.2, 0) is 0 Å². The van der Waals surface area contributed by atoms with E-state index < -0.39 is 0 Å². The van der Waals surface area contributed by atoms with Crippen LogP contribution in [0.15, 0.2) is 6.20 Å². The number of nitrogen functional groups attached to an aromatic ring is 2. The van der Waals surface area contributed by atoms with Gasteiger partial charge in [0, 0.05) is 0 Å². The molecular formula is C6H6N4. The van der Waals surface area contributed by atoms with Crippen molar-refractivity contribution in [3.63, 3.8) is 0 Å². The van der Waals surface area contributed by atoms with Crippen LogP contribution in [0.5, 0.6) is 0 Å². The predicted molar refractivity (Wildman–Crippen MR) is 38.8 cm³/mol. The minimum absolute atomic E-state index is 0.176. The summed E-state index contributed by atoms with van der Waals surface area (Å²) in [6, 6.07) is 0. The Labute approximate surface area is 58.3 Å². The lowest BCUT2D eigenvalue weighted by molar-refractivity contribution is 1.19. The molecule has 1 rings (SSSR count). The molecule has 0 atom stereocenters. The van der Waals surface area contributed by atoms with E-state index in [0.29, 0.717) is 5.69 Å². The summed E-state index contributed by atoms with van der Waals surface area (Å²) in [7, 11) is 0. The quantitative estimate of drug-likeness (QED) is 0.474. The second-order valence-corrected chi connectivity index (χ2v) is 1.67. The Morgan fingerprint density at radius 1 is 1.40 bits per heavy atom. The largest absolute Gasteiger partial charge is 0.381 e. The summed E-state index contributed by atoms with van der Waals surface area (Å²) < 4.78 is 0. The van der Waals surface area contributed by atoms with E-state index >= 15 is 0 Å². The summed E-state index contributed by atoms with van der Waals surface area (Å²) in [6.45, 7) is 0. The van der Waals surface area contributed by atoms with Crippen LogP contribution in [0, 0.1) is 12.3 Å². The molecule has 0 aliphatic rings. The zero-order valence-corrected chi connectivity index (χ0v) is 5.20. The van der Waals surface area contributed by atoms with E-state index in [2.05, 4.69) is 15.9 Å². The highest BCUT2D eigenvalue weighted by Crippen LogP contribution is 2.05. The molecule has 0 saturated carbocycles. The number of anilines is 2. The van der Waals surface area contributed by atoms with Gasteiger partial charge in [-0.05, 0) is 5.92 Å². The van der Waals surface area contributed by atoms with Gasteiger partial charge in [0.25, 0.3) is 0 Å². The average Bonchev–Trinajstić information content (AvgIpc) is 1.95. The second kappa shape index (κ2) is 2.23. The Hall–Kier alpha value is -1.76.